The molecule has 0 bridgehead atoms. The van der Waals surface area contributed by atoms with E-state index < -0.39 is 10.0 Å². The molecule has 0 saturated heterocycles. The Labute approximate surface area is 142 Å². The van der Waals surface area contributed by atoms with Gasteiger partial charge in [-0.15, -0.1) is 0 Å². The first-order chi connectivity index (χ1) is 11.5. The SMILES string of the molecule is COc1cccc(OCCNS(=O)(=O)c2cc(C)ccc2OC)c1. The number of aryl methyl sites for hydroxylation is 1. The maximum absolute atomic E-state index is 12.4. The summed E-state index contributed by atoms with van der Waals surface area (Å²) in [5, 5.41) is 0. The molecule has 0 atom stereocenters. The number of sulfonamides is 1. The van der Waals surface area contributed by atoms with E-state index in [-0.39, 0.29) is 18.0 Å². The Hall–Kier alpha value is -2.25. The molecule has 2 rings (SSSR count). The van der Waals surface area contributed by atoms with E-state index in [9.17, 15) is 8.42 Å². The van der Waals surface area contributed by atoms with Crippen LogP contribution < -0.4 is 18.9 Å². The van der Waals surface area contributed by atoms with Gasteiger partial charge in [0.25, 0.3) is 0 Å². The molecule has 0 heterocycles. The number of ether oxygens (including phenoxy) is 3. The molecular formula is C17H21NO5S. The van der Waals surface area contributed by atoms with Gasteiger partial charge >= 0.3 is 0 Å². The highest BCUT2D eigenvalue weighted by atomic mass is 32.2. The molecule has 0 aromatic heterocycles. The smallest absolute Gasteiger partial charge is 0.244 e. The van der Waals surface area contributed by atoms with E-state index in [1.54, 1.807) is 49.6 Å². The first-order valence-electron chi connectivity index (χ1n) is 7.37. The third kappa shape index (κ3) is 4.62. The largest absolute Gasteiger partial charge is 0.497 e. The molecule has 0 aliphatic carbocycles. The molecule has 0 saturated carbocycles. The lowest BCUT2D eigenvalue weighted by molar-refractivity contribution is 0.319. The van der Waals surface area contributed by atoms with Crippen LogP contribution in [-0.4, -0.2) is 35.8 Å². The van der Waals surface area contributed by atoms with Crippen molar-refractivity contribution in [2.45, 2.75) is 11.8 Å². The number of hydrogen-bond donors (Lipinski definition) is 1. The fourth-order valence-electron chi connectivity index (χ4n) is 2.11. The Bertz CT molecular complexity index is 789. The molecule has 0 aliphatic heterocycles. The number of nitrogens with one attached hydrogen (secondary N) is 1. The van der Waals surface area contributed by atoms with E-state index in [2.05, 4.69) is 4.72 Å². The predicted molar refractivity (Wildman–Crippen MR) is 91.4 cm³/mol. The third-order valence-corrected chi connectivity index (χ3v) is 4.79. The fourth-order valence-corrected chi connectivity index (χ4v) is 3.37. The van der Waals surface area contributed by atoms with Crippen molar-refractivity contribution < 1.29 is 22.6 Å². The summed E-state index contributed by atoms with van der Waals surface area (Å²) in [6.07, 6.45) is 0. The summed E-state index contributed by atoms with van der Waals surface area (Å²) in [4.78, 5) is 0.117. The zero-order valence-corrected chi connectivity index (χ0v) is 14.7. The van der Waals surface area contributed by atoms with Gasteiger partial charge in [0, 0.05) is 12.6 Å². The number of benzene rings is 2. The Morgan fingerprint density at radius 2 is 1.75 bits per heavy atom. The standard InChI is InChI=1S/C17H21NO5S/c1-13-7-8-16(22-3)17(11-13)24(19,20)18-9-10-23-15-6-4-5-14(12-15)21-2/h4-8,11-12,18H,9-10H2,1-3H3. The van der Waals surface area contributed by atoms with Gasteiger partial charge < -0.3 is 14.2 Å². The molecule has 1 N–H and O–H groups in total. The molecule has 0 aliphatic rings. The number of hydrogen-bond acceptors (Lipinski definition) is 5. The quantitative estimate of drug-likeness (QED) is 0.739. The summed E-state index contributed by atoms with van der Waals surface area (Å²) in [5.74, 6) is 1.60. The average molecular weight is 351 g/mol. The van der Waals surface area contributed by atoms with Crippen LogP contribution in [0.3, 0.4) is 0 Å². The molecule has 2 aromatic rings. The van der Waals surface area contributed by atoms with Crippen molar-refractivity contribution >= 4 is 10.0 Å². The molecular weight excluding hydrogens is 330 g/mol. The van der Waals surface area contributed by atoms with Crippen LogP contribution in [0.15, 0.2) is 47.4 Å². The maximum atomic E-state index is 12.4. The van der Waals surface area contributed by atoms with Crippen LogP contribution in [0, 0.1) is 6.92 Å². The van der Waals surface area contributed by atoms with Gasteiger partial charge in [-0.2, -0.15) is 0 Å². The van der Waals surface area contributed by atoms with Gasteiger partial charge in [0.1, 0.15) is 28.8 Å². The number of rotatable bonds is 8. The highest BCUT2D eigenvalue weighted by Gasteiger charge is 2.19. The van der Waals surface area contributed by atoms with Crippen LogP contribution in [-0.2, 0) is 10.0 Å². The Morgan fingerprint density at radius 3 is 2.46 bits per heavy atom. The zero-order chi connectivity index (χ0) is 17.6. The highest BCUT2D eigenvalue weighted by Crippen LogP contribution is 2.24. The van der Waals surface area contributed by atoms with Crippen LogP contribution in [0.1, 0.15) is 5.56 Å². The topological polar surface area (TPSA) is 73.9 Å². The van der Waals surface area contributed by atoms with Gasteiger partial charge in [-0.25, -0.2) is 13.1 Å². The lowest BCUT2D eigenvalue weighted by Gasteiger charge is -2.12. The van der Waals surface area contributed by atoms with E-state index >= 15 is 0 Å². The second-order valence-corrected chi connectivity index (χ2v) is 6.81. The Kier molecular flexibility index (Phi) is 6.05. The van der Waals surface area contributed by atoms with Crippen LogP contribution in [0.4, 0.5) is 0 Å². The van der Waals surface area contributed by atoms with Gasteiger partial charge in [0.15, 0.2) is 0 Å². The molecule has 130 valence electrons. The highest BCUT2D eigenvalue weighted by molar-refractivity contribution is 7.89. The van der Waals surface area contributed by atoms with Gasteiger partial charge in [-0.1, -0.05) is 12.1 Å². The molecule has 0 unspecified atom stereocenters. The summed E-state index contributed by atoms with van der Waals surface area (Å²) < 4.78 is 43.1. The van der Waals surface area contributed by atoms with Crippen molar-refractivity contribution in [1.29, 1.82) is 0 Å². The van der Waals surface area contributed by atoms with E-state index in [0.29, 0.717) is 17.2 Å². The lowest BCUT2D eigenvalue weighted by atomic mass is 10.2. The van der Waals surface area contributed by atoms with Crippen molar-refractivity contribution in [1.82, 2.24) is 4.72 Å². The lowest BCUT2D eigenvalue weighted by Crippen LogP contribution is -2.28. The molecule has 0 spiro atoms. The summed E-state index contributed by atoms with van der Waals surface area (Å²) >= 11 is 0. The minimum Gasteiger partial charge on any atom is -0.497 e. The average Bonchev–Trinajstić information content (AvgIpc) is 2.59. The van der Waals surface area contributed by atoms with Gasteiger partial charge in [-0.05, 0) is 36.8 Å². The van der Waals surface area contributed by atoms with E-state index in [1.807, 2.05) is 6.92 Å². The van der Waals surface area contributed by atoms with Crippen molar-refractivity contribution in [3.8, 4) is 17.2 Å². The monoisotopic (exact) mass is 351 g/mol. The second kappa shape index (κ2) is 8.03. The van der Waals surface area contributed by atoms with E-state index in [4.69, 9.17) is 14.2 Å². The Balaban J connectivity index is 1.97. The summed E-state index contributed by atoms with van der Waals surface area (Å²) in [5.41, 5.74) is 0.837. The van der Waals surface area contributed by atoms with Gasteiger partial charge in [0.05, 0.1) is 14.2 Å². The molecule has 0 radical (unpaired) electrons. The van der Waals surface area contributed by atoms with E-state index in [0.717, 1.165) is 5.56 Å². The van der Waals surface area contributed by atoms with Crippen LogP contribution in [0.2, 0.25) is 0 Å². The molecule has 7 heteroatoms. The van der Waals surface area contributed by atoms with Gasteiger partial charge in [-0.3, -0.25) is 0 Å². The van der Waals surface area contributed by atoms with Crippen LogP contribution >= 0.6 is 0 Å². The molecule has 24 heavy (non-hydrogen) atoms. The van der Waals surface area contributed by atoms with Crippen LogP contribution in [0.25, 0.3) is 0 Å². The summed E-state index contributed by atoms with van der Waals surface area (Å²) in [7, 11) is -0.661. The van der Waals surface area contributed by atoms with E-state index in [1.165, 1.54) is 7.11 Å². The molecule has 0 amide bonds. The molecule has 6 nitrogen and oxygen atoms in total. The van der Waals surface area contributed by atoms with Crippen molar-refractivity contribution in [2.75, 3.05) is 27.4 Å². The molecule has 0 fully saturated rings. The minimum atomic E-state index is -3.67. The van der Waals surface area contributed by atoms with Crippen molar-refractivity contribution in [3.63, 3.8) is 0 Å². The molecule has 2 aromatic carbocycles. The first-order valence-corrected chi connectivity index (χ1v) is 8.86. The van der Waals surface area contributed by atoms with Crippen LogP contribution in [0.5, 0.6) is 17.2 Å². The minimum absolute atomic E-state index is 0.117. The second-order valence-electron chi connectivity index (χ2n) is 5.08. The summed E-state index contributed by atoms with van der Waals surface area (Å²) in [6.45, 7) is 2.15. The Morgan fingerprint density at radius 1 is 1.00 bits per heavy atom. The first kappa shape index (κ1) is 18.1. The van der Waals surface area contributed by atoms with Crippen molar-refractivity contribution in [3.05, 3.63) is 48.0 Å². The zero-order valence-electron chi connectivity index (χ0n) is 13.9. The fraction of sp³-hybridized carbons (Fsp3) is 0.294. The number of methoxy groups -OCH3 is 2. The van der Waals surface area contributed by atoms with Gasteiger partial charge in [0.2, 0.25) is 10.0 Å². The predicted octanol–water partition coefficient (Wildman–Crippen LogP) is 2.37. The third-order valence-electron chi connectivity index (χ3n) is 3.31. The maximum Gasteiger partial charge on any atom is 0.244 e. The summed E-state index contributed by atoms with van der Waals surface area (Å²) in [6, 6.07) is 12.1. The normalized spacial score (nSPS) is 11.1. The van der Waals surface area contributed by atoms with Crippen molar-refractivity contribution in [2.24, 2.45) is 0 Å².